The average molecular weight is 493 g/mol. The minimum Gasteiger partial charge on any atom is -0.493 e. The van der Waals surface area contributed by atoms with E-state index >= 15 is 0 Å². The number of allylic oxidation sites excluding steroid dienone is 4. The Bertz CT molecular complexity index is 1140. The number of oxazole rings is 1. The molecule has 0 aliphatic carbocycles. The third-order valence-electron chi connectivity index (χ3n) is 6.11. The van der Waals surface area contributed by atoms with E-state index in [2.05, 4.69) is 24.9 Å². The van der Waals surface area contributed by atoms with Crippen molar-refractivity contribution in [2.45, 2.75) is 66.0 Å². The molecule has 192 valence electrons. The monoisotopic (exact) mass is 492 g/mol. The zero-order valence-electron chi connectivity index (χ0n) is 21.6. The van der Waals surface area contributed by atoms with Gasteiger partial charge in [-0.1, -0.05) is 44.2 Å². The van der Waals surface area contributed by atoms with E-state index in [0.29, 0.717) is 30.6 Å². The molecular formula is C29H36N2O5. The highest BCUT2D eigenvalue weighted by atomic mass is 16.5. The van der Waals surface area contributed by atoms with Crippen LogP contribution in [0.2, 0.25) is 0 Å². The summed E-state index contributed by atoms with van der Waals surface area (Å²) in [7, 11) is 0. The Balaban J connectivity index is 1.62. The van der Waals surface area contributed by atoms with E-state index in [9.17, 15) is 14.7 Å². The number of rotatable bonds is 11. The summed E-state index contributed by atoms with van der Waals surface area (Å²) in [6.45, 7) is 8.81. The van der Waals surface area contributed by atoms with E-state index in [1.807, 2.05) is 38.1 Å². The molecule has 0 saturated heterocycles. The van der Waals surface area contributed by atoms with Gasteiger partial charge in [0, 0.05) is 25.5 Å². The van der Waals surface area contributed by atoms with Crippen LogP contribution in [0.1, 0.15) is 62.1 Å². The number of benzene rings is 1. The largest absolute Gasteiger partial charge is 0.493 e. The summed E-state index contributed by atoms with van der Waals surface area (Å²) in [5.74, 6) is 1.40. The van der Waals surface area contributed by atoms with Gasteiger partial charge in [0.15, 0.2) is 0 Å². The topological polar surface area (TPSA) is 92.9 Å². The molecule has 0 saturated carbocycles. The number of aliphatic carboxylic acids is 1. The van der Waals surface area contributed by atoms with E-state index < -0.39 is 12.0 Å². The molecule has 2 aromatic rings. The lowest BCUT2D eigenvalue weighted by Gasteiger charge is -2.34. The maximum absolute atomic E-state index is 12.6. The number of carbonyl (C=O) groups is 2. The molecule has 2 heterocycles. The number of hydrogen-bond donors (Lipinski definition) is 1. The lowest BCUT2D eigenvalue weighted by Crippen LogP contribution is -2.48. The van der Waals surface area contributed by atoms with Crippen molar-refractivity contribution in [2.75, 3.05) is 6.61 Å². The smallest absolute Gasteiger partial charge is 0.326 e. The van der Waals surface area contributed by atoms with Crippen LogP contribution >= 0.6 is 0 Å². The van der Waals surface area contributed by atoms with E-state index in [1.54, 1.807) is 18.2 Å². The summed E-state index contributed by atoms with van der Waals surface area (Å²) >= 11 is 0. The fourth-order valence-corrected chi connectivity index (χ4v) is 4.08. The maximum Gasteiger partial charge on any atom is 0.326 e. The van der Waals surface area contributed by atoms with E-state index in [4.69, 9.17) is 9.15 Å². The van der Waals surface area contributed by atoms with Crippen LogP contribution in [-0.4, -0.2) is 39.5 Å². The Hall–Kier alpha value is -3.61. The molecule has 7 heteroatoms. The molecule has 0 spiro atoms. The number of amides is 1. The Labute approximate surface area is 213 Å². The van der Waals surface area contributed by atoms with Gasteiger partial charge in [0.25, 0.3) is 0 Å². The summed E-state index contributed by atoms with van der Waals surface area (Å²) in [5.41, 5.74) is 2.67. The van der Waals surface area contributed by atoms with Crippen molar-refractivity contribution in [1.29, 1.82) is 0 Å². The van der Waals surface area contributed by atoms with Gasteiger partial charge in [-0.25, -0.2) is 9.78 Å². The van der Waals surface area contributed by atoms with Gasteiger partial charge in [0.2, 0.25) is 11.8 Å². The quantitative estimate of drug-likeness (QED) is 0.328. The summed E-state index contributed by atoms with van der Waals surface area (Å²) in [4.78, 5) is 30.4. The van der Waals surface area contributed by atoms with Crippen molar-refractivity contribution in [2.24, 2.45) is 5.92 Å². The number of fused-ring (bicyclic) bond motifs is 1. The molecule has 1 aliphatic rings. The maximum atomic E-state index is 12.6. The Morgan fingerprint density at radius 3 is 2.81 bits per heavy atom. The number of nitrogens with zero attached hydrogens (tertiary/aromatic N) is 2. The van der Waals surface area contributed by atoms with E-state index in [-0.39, 0.29) is 18.9 Å². The molecule has 7 nitrogen and oxygen atoms in total. The van der Waals surface area contributed by atoms with Gasteiger partial charge in [-0.3, -0.25) is 4.79 Å². The second-order valence-corrected chi connectivity index (χ2v) is 9.37. The molecule has 0 unspecified atom stereocenters. The lowest BCUT2D eigenvalue weighted by atomic mass is 9.93. The van der Waals surface area contributed by atoms with Gasteiger partial charge < -0.3 is 19.2 Å². The average Bonchev–Trinajstić information content (AvgIpc) is 3.19. The second-order valence-electron chi connectivity index (χ2n) is 9.37. The number of carboxylic acid groups (broad SMARTS) is 1. The van der Waals surface area contributed by atoms with Gasteiger partial charge in [0.1, 0.15) is 17.6 Å². The first-order valence-electron chi connectivity index (χ1n) is 12.5. The van der Waals surface area contributed by atoms with Crippen LogP contribution in [0.25, 0.3) is 6.08 Å². The number of carbonyl (C=O) groups excluding carboxylic acids is 1. The van der Waals surface area contributed by atoms with E-state index in [0.717, 1.165) is 35.4 Å². The molecular weight excluding hydrogens is 456 g/mol. The third kappa shape index (κ3) is 7.44. The van der Waals surface area contributed by atoms with Crippen LogP contribution in [0.15, 0.2) is 53.0 Å². The van der Waals surface area contributed by atoms with Crippen molar-refractivity contribution in [1.82, 2.24) is 9.88 Å². The molecule has 1 aromatic carbocycles. The first kappa shape index (κ1) is 27.0. The van der Waals surface area contributed by atoms with Gasteiger partial charge in [-0.2, -0.15) is 0 Å². The molecule has 1 N–H and O–H groups in total. The Morgan fingerprint density at radius 1 is 1.28 bits per heavy atom. The number of aryl methyl sites for hydroxylation is 1. The summed E-state index contributed by atoms with van der Waals surface area (Å²) < 4.78 is 11.7. The molecule has 3 rings (SSSR count). The van der Waals surface area contributed by atoms with Gasteiger partial charge in [0.05, 0.1) is 12.3 Å². The van der Waals surface area contributed by atoms with Crippen molar-refractivity contribution in [3.63, 3.8) is 0 Å². The molecule has 36 heavy (non-hydrogen) atoms. The summed E-state index contributed by atoms with van der Waals surface area (Å²) in [6, 6.07) is 4.73. The van der Waals surface area contributed by atoms with Crippen LogP contribution in [-0.2, 0) is 29.0 Å². The van der Waals surface area contributed by atoms with Crippen LogP contribution in [0, 0.1) is 12.8 Å². The first-order valence-corrected chi connectivity index (χ1v) is 12.5. The van der Waals surface area contributed by atoms with Crippen molar-refractivity contribution in [3.8, 4) is 5.75 Å². The van der Waals surface area contributed by atoms with Gasteiger partial charge >= 0.3 is 5.97 Å². The highest BCUT2D eigenvalue weighted by Gasteiger charge is 2.33. The molecule has 0 fully saturated rings. The number of hydrogen-bond acceptors (Lipinski definition) is 5. The molecule has 1 amide bonds. The fourth-order valence-electron chi connectivity index (χ4n) is 4.08. The lowest BCUT2D eigenvalue weighted by molar-refractivity contribution is -0.149. The van der Waals surface area contributed by atoms with Crippen LogP contribution in [0.5, 0.6) is 5.75 Å². The molecule has 1 aliphatic heterocycles. The second kappa shape index (κ2) is 12.9. The normalized spacial score (nSPS) is 15.9. The predicted octanol–water partition coefficient (Wildman–Crippen LogP) is 5.52. The SMILES string of the molecule is C/C=C/C=C/C(=O)N1Cc2cc(OCCc3nc(/C=C/CCC(C)C)oc3C)ccc2C[C@H]1C(=O)O. The number of aromatic nitrogens is 1. The third-order valence-corrected chi connectivity index (χ3v) is 6.11. The fraction of sp³-hybridized carbons (Fsp3) is 0.414. The first-order chi connectivity index (χ1) is 17.3. The van der Waals surface area contributed by atoms with Crippen molar-refractivity contribution < 1.29 is 23.8 Å². The van der Waals surface area contributed by atoms with Crippen LogP contribution < -0.4 is 4.74 Å². The van der Waals surface area contributed by atoms with Crippen molar-refractivity contribution in [3.05, 3.63) is 77.1 Å². The number of carboxylic acids is 1. The minimum atomic E-state index is -1.01. The molecule has 0 radical (unpaired) electrons. The summed E-state index contributed by atoms with van der Waals surface area (Å²) in [5, 5.41) is 9.67. The highest BCUT2D eigenvalue weighted by molar-refractivity contribution is 5.92. The molecule has 0 bridgehead atoms. The molecule has 1 atom stereocenters. The Kier molecular flexibility index (Phi) is 9.68. The zero-order valence-corrected chi connectivity index (χ0v) is 21.6. The van der Waals surface area contributed by atoms with Crippen molar-refractivity contribution >= 4 is 18.0 Å². The van der Waals surface area contributed by atoms with Gasteiger partial charge in [-0.05, 0) is 61.9 Å². The van der Waals surface area contributed by atoms with E-state index in [1.165, 1.54) is 11.0 Å². The minimum absolute atomic E-state index is 0.220. The van der Waals surface area contributed by atoms with Gasteiger partial charge in [-0.15, -0.1) is 0 Å². The van der Waals surface area contributed by atoms with Crippen LogP contribution in [0.4, 0.5) is 0 Å². The number of ether oxygens (including phenoxy) is 1. The van der Waals surface area contributed by atoms with Crippen LogP contribution in [0.3, 0.4) is 0 Å². The predicted molar refractivity (Wildman–Crippen MR) is 140 cm³/mol. The highest BCUT2D eigenvalue weighted by Crippen LogP contribution is 2.28. The zero-order chi connectivity index (χ0) is 26.1. The summed E-state index contributed by atoms with van der Waals surface area (Å²) in [6.07, 6.45) is 13.6. The Morgan fingerprint density at radius 2 is 2.08 bits per heavy atom. The standard InChI is InChI=1S/C29H36N2O5/c1-5-6-7-12-28(32)31-19-23-17-24(14-13-22(23)18-26(31)29(33)34)35-16-15-25-21(4)36-27(30-25)11-9-8-10-20(2)3/h5-7,9,11-14,17,20,26H,8,10,15-16,18-19H2,1-4H3,(H,33,34)/b6-5+,11-9+,12-7+/t26-/m0/s1. The molecule has 1 aromatic heterocycles.